The van der Waals surface area contributed by atoms with E-state index in [1.807, 2.05) is 24.3 Å². The van der Waals surface area contributed by atoms with Crippen LogP contribution in [-0.2, 0) is 11.3 Å². The minimum Gasteiger partial charge on any atom is -0.493 e. The lowest BCUT2D eigenvalue weighted by Crippen LogP contribution is -2.39. The van der Waals surface area contributed by atoms with Gasteiger partial charge in [0.05, 0.1) is 38.6 Å². The molecule has 180 valence electrons. The molecule has 3 aliphatic rings. The van der Waals surface area contributed by atoms with Gasteiger partial charge in [0.25, 0.3) is 0 Å². The van der Waals surface area contributed by atoms with Gasteiger partial charge in [-0.3, -0.25) is 14.6 Å². The minimum atomic E-state index is -0.128. The summed E-state index contributed by atoms with van der Waals surface area (Å²) in [5.74, 6) is 2.78. The first-order chi connectivity index (χ1) is 16.7. The van der Waals surface area contributed by atoms with Crippen LogP contribution in [0.1, 0.15) is 27.9 Å². The molecule has 2 aromatic rings. The van der Waals surface area contributed by atoms with E-state index in [2.05, 4.69) is 9.80 Å². The molecular weight excluding hydrogens is 436 g/mol. The van der Waals surface area contributed by atoms with E-state index >= 15 is 0 Å². The van der Waals surface area contributed by atoms with E-state index in [9.17, 15) is 4.79 Å². The number of Topliss-reactive ketones (excluding diaryl/α,β-unsaturated/α-hetero) is 1. The van der Waals surface area contributed by atoms with Crippen molar-refractivity contribution in [2.75, 3.05) is 60.3 Å². The number of hydrogen-bond acceptors (Lipinski definition) is 8. The van der Waals surface area contributed by atoms with Gasteiger partial charge in [0.2, 0.25) is 5.78 Å². The summed E-state index contributed by atoms with van der Waals surface area (Å²) in [6.07, 6.45) is 2.79. The van der Waals surface area contributed by atoms with Crippen LogP contribution in [0.15, 0.2) is 36.1 Å². The number of hydrogen-bond donors (Lipinski definition) is 0. The van der Waals surface area contributed by atoms with E-state index in [0.29, 0.717) is 41.8 Å². The number of fused-ring (bicyclic) bond motifs is 3. The van der Waals surface area contributed by atoms with Crippen LogP contribution in [0.25, 0.3) is 6.08 Å². The Kier molecular flexibility index (Phi) is 6.71. The second kappa shape index (κ2) is 10.0. The van der Waals surface area contributed by atoms with Gasteiger partial charge in [-0.2, -0.15) is 0 Å². The number of ketones is 1. The lowest BCUT2D eigenvalue weighted by atomic mass is 10.0. The van der Waals surface area contributed by atoms with E-state index in [1.165, 1.54) is 0 Å². The van der Waals surface area contributed by atoms with Gasteiger partial charge in [-0.1, -0.05) is 6.07 Å². The number of nitrogens with zero attached hydrogens (tertiary/aromatic N) is 2. The van der Waals surface area contributed by atoms with Crippen LogP contribution >= 0.6 is 0 Å². The Bertz CT molecular complexity index is 1090. The van der Waals surface area contributed by atoms with Gasteiger partial charge in [-0.05, 0) is 48.9 Å². The summed E-state index contributed by atoms with van der Waals surface area (Å²) in [5.41, 5.74) is 2.30. The molecule has 5 rings (SSSR count). The molecule has 0 spiro atoms. The Labute approximate surface area is 199 Å². The van der Waals surface area contributed by atoms with Gasteiger partial charge in [0.1, 0.15) is 18.2 Å². The van der Waals surface area contributed by atoms with E-state index in [-0.39, 0.29) is 5.78 Å². The fraction of sp³-hybridized carbons (Fsp3) is 0.423. The monoisotopic (exact) mass is 466 g/mol. The maximum atomic E-state index is 13.1. The first-order valence-corrected chi connectivity index (χ1v) is 11.6. The molecule has 3 heterocycles. The molecule has 0 radical (unpaired) electrons. The number of morpholine rings is 1. The fourth-order valence-corrected chi connectivity index (χ4v) is 4.58. The SMILES string of the molecule is COc1ccc(/C=C2\Oc3c(ccc4c3CN(CCCN3CCOCC3)CO4)C2=O)cc1OC. The Morgan fingerprint density at radius 1 is 1.00 bits per heavy atom. The molecule has 34 heavy (non-hydrogen) atoms. The average molecular weight is 467 g/mol. The Hall–Kier alpha value is -3.07. The van der Waals surface area contributed by atoms with Gasteiger partial charge < -0.3 is 23.7 Å². The molecule has 0 amide bonds. The summed E-state index contributed by atoms with van der Waals surface area (Å²) in [6.45, 7) is 6.83. The lowest BCUT2D eigenvalue weighted by Gasteiger charge is -2.31. The van der Waals surface area contributed by atoms with Crippen molar-refractivity contribution in [1.29, 1.82) is 0 Å². The second-order valence-electron chi connectivity index (χ2n) is 8.61. The molecule has 0 aromatic heterocycles. The van der Waals surface area contributed by atoms with Crippen LogP contribution in [0.5, 0.6) is 23.0 Å². The predicted octanol–water partition coefficient (Wildman–Crippen LogP) is 3.19. The average Bonchev–Trinajstić information content (AvgIpc) is 3.20. The van der Waals surface area contributed by atoms with Crippen LogP contribution < -0.4 is 18.9 Å². The Balaban J connectivity index is 1.29. The Morgan fingerprint density at radius 2 is 1.79 bits per heavy atom. The number of carbonyl (C=O) groups is 1. The highest BCUT2D eigenvalue weighted by molar-refractivity contribution is 6.15. The van der Waals surface area contributed by atoms with E-state index < -0.39 is 0 Å². The molecule has 8 nitrogen and oxygen atoms in total. The number of methoxy groups -OCH3 is 2. The van der Waals surface area contributed by atoms with Crippen LogP contribution in [0.4, 0.5) is 0 Å². The first-order valence-electron chi connectivity index (χ1n) is 11.6. The van der Waals surface area contributed by atoms with Crippen molar-refractivity contribution in [3.05, 3.63) is 52.8 Å². The third kappa shape index (κ3) is 4.61. The molecule has 3 aliphatic heterocycles. The molecule has 0 saturated carbocycles. The topological polar surface area (TPSA) is 69.7 Å². The molecule has 0 unspecified atom stereocenters. The number of rotatable bonds is 7. The third-order valence-electron chi connectivity index (χ3n) is 6.44. The van der Waals surface area contributed by atoms with Gasteiger partial charge in [0, 0.05) is 26.2 Å². The first kappa shape index (κ1) is 22.7. The smallest absolute Gasteiger partial charge is 0.231 e. The third-order valence-corrected chi connectivity index (χ3v) is 6.44. The lowest BCUT2D eigenvalue weighted by molar-refractivity contribution is 0.0329. The van der Waals surface area contributed by atoms with E-state index in [1.54, 1.807) is 26.4 Å². The molecule has 2 aromatic carbocycles. The van der Waals surface area contributed by atoms with Gasteiger partial charge in [-0.25, -0.2) is 0 Å². The largest absolute Gasteiger partial charge is 0.493 e. The normalized spacial score (nSPS) is 19.4. The number of allylic oxidation sites excluding steroid dienone is 1. The summed E-state index contributed by atoms with van der Waals surface area (Å²) in [4.78, 5) is 17.8. The van der Waals surface area contributed by atoms with Crippen LogP contribution in [0.2, 0.25) is 0 Å². The summed E-state index contributed by atoms with van der Waals surface area (Å²) < 4.78 is 28.2. The van der Waals surface area contributed by atoms with Crippen molar-refractivity contribution < 1.29 is 28.5 Å². The number of benzene rings is 2. The van der Waals surface area contributed by atoms with E-state index in [0.717, 1.165) is 62.7 Å². The highest BCUT2D eigenvalue weighted by atomic mass is 16.5. The molecule has 0 aliphatic carbocycles. The van der Waals surface area contributed by atoms with Crippen molar-refractivity contribution in [3.63, 3.8) is 0 Å². The van der Waals surface area contributed by atoms with Crippen LogP contribution in [0, 0.1) is 0 Å². The highest BCUT2D eigenvalue weighted by Gasteiger charge is 2.33. The van der Waals surface area contributed by atoms with Gasteiger partial charge >= 0.3 is 0 Å². The zero-order chi connectivity index (χ0) is 23.5. The minimum absolute atomic E-state index is 0.128. The fourth-order valence-electron chi connectivity index (χ4n) is 4.58. The molecule has 0 atom stereocenters. The summed E-state index contributed by atoms with van der Waals surface area (Å²) in [6, 6.07) is 9.16. The molecule has 1 fully saturated rings. The van der Waals surface area contributed by atoms with Crippen molar-refractivity contribution in [1.82, 2.24) is 9.80 Å². The van der Waals surface area contributed by atoms with Gasteiger partial charge in [0.15, 0.2) is 17.3 Å². The van der Waals surface area contributed by atoms with Crippen LogP contribution in [0.3, 0.4) is 0 Å². The summed E-state index contributed by atoms with van der Waals surface area (Å²) in [7, 11) is 3.17. The maximum Gasteiger partial charge on any atom is 0.231 e. The molecule has 1 saturated heterocycles. The standard InChI is InChI=1S/C26H30N2O6/c1-30-22-6-4-18(14-23(22)31-2)15-24-25(29)19-5-7-21-20(26(19)34-24)16-28(17-33-21)9-3-8-27-10-12-32-13-11-27/h4-7,14-15H,3,8-13,16-17H2,1-2H3/b24-15-. The molecule has 8 heteroatoms. The molecule has 0 N–H and O–H groups in total. The molecular formula is C26H30N2O6. The highest BCUT2D eigenvalue weighted by Crippen LogP contribution is 2.42. The van der Waals surface area contributed by atoms with Crippen molar-refractivity contribution in [2.24, 2.45) is 0 Å². The summed E-state index contributed by atoms with van der Waals surface area (Å²) >= 11 is 0. The second-order valence-corrected chi connectivity index (χ2v) is 8.61. The zero-order valence-corrected chi connectivity index (χ0v) is 19.7. The van der Waals surface area contributed by atoms with Crippen LogP contribution in [-0.4, -0.2) is 75.9 Å². The molecule has 0 bridgehead atoms. The van der Waals surface area contributed by atoms with Crippen molar-refractivity contribution >= 4 is 11.9 Å². The van der Waals surface area contributed by atoms with Gasteiger partial charge in [-0.15, -0.1) is 0 Å². The zero-order valence-electron chi connectivity index (χ0n) is 19.7. The van der Waals surface area contributed by atoms with Crippen molar-refractivity contribution in [2.45, 2.75) is 13.0 Å². The van der Waals surface area contributed by atoms with Crippen molar-refractivity contribution in [3.8, 4) is 23.0 Å². The number of ether oxygens (including phenoxy) is 5. The number of carbonyl (C=O) groups excluding carboxylic acids is 1. The Morgan fingerprint density at radius 3 is 2.59 bits per heavy atom. The van der Waals surface area contributed by atoms with E-state index in [4.69, 9.17) is 23.7 Å². The predicted molar refractivity (Wildman–Crippen MR) is 127 cm³/mol. The quantitative estimate of drug-likeness (QED) is 0.577. The maximum absolute atomic E-state index is 13.1. The summed E-state index contributed by atoms with van der Waals surface area (Å²) in [5, 5.41) is 0.